The van der Waals surface area contributed by atoms with E-state index in [1.54, 1.807) is 65.1 Å². The molecule has 0 radical (unpaired) electrons. The average Bonchev–Trinajstić information content (AvgIpc) is 4.25. The third-order valence-corrected chi connectivity index (χ3v) is 51.9. The number of unbranched alkanes of at least 4 members (excludes halogenated alkanes) is 11. The molecule has 0 unspecified atom stereocenters. The van der Waals surface area contributed by atoms with Gasteiger partial charge in [-0.15, -0.1) is 22.7 Å². The molecule has 0 spiro atoms. The number of hydrogen-bond acceptors (Lipinski definition) is 4. The van der Waals surface area contributed by atoms with Crippen molar-refractivity contribution in [3.05, 3.63) is 69.6 Å². The Morgan fingerprint density at radius 2 is 0.667 bits per heavy atom. The Morgan fingerprint density at radius 1 is 0.389 bits per heavy atom. The van der Waals surface area contributed by atoms with E-state index in [4.69, 9.17) is 8.92 Å². The fourth-order valence-electron chi connectivity index (χ4n) is 10.5. The Labute approximate surface area is 485 Å². The molecular weight excluding hydrogens is 1180 g/mol. The van der Waals surface area contributed by atoms with Crippen LogP contribution in [-0.2, 0) is 25.7 Å². The zero-order valence-electron chi connectivity index (χ0n) is 48.9. The summed E-state index contributed by atoms with van der Waals surface area (Å²) in [5, 5.41) is 13.1. The predicted molar refractivity (Wildman–Crippen MR) is 344 cm³/mol. The van der Waals surface area contributed by atoms with Gasteiger partial charge in [-0.2, -0.15) is 6.42 Å². The van der Waals surface area contributed by atoms with Crippen molar-refractivity contribution in [2.75, 3.05) is 0 Å². The SMILES string of the molecule is CCCCc1c(CCCC)c2s[c]([Sn]([CH2]CCC)([CH2]CCC)[CH2]CCC)cc2c2ccsc12.CCCCc1c(CCCC)c2sccc2c2ccsc12.CCC[CH2][Sn]([Cl])([CH2]CCC)[CH2]CCC.[CH2-]CCC.[Li+]. The smallest absolute Gasteiger partial charge is 0.343 e. The molecule has 0 saturated carbocycles. The first-order chi connectivity index (χ1) is 34.6. The molecule has 0 amide bonds. The summed E-state index contributed by atoms with van der Waals surface area (Å²) in [6, 6.07) is 9.84. The number of hydrogen-bond donors (Lipinski definition) is 0. The standard InChI is InChI=1S/C18H22S2.C18H21S2.7C4H9.ClH.Li.2Sn/c2*1-3-5-7-13-14(8-6-4-2)18-16(10-12-20-18)15-9-11-19-17(13)15;7*1-3-4-2;;;;/h9-12H,3-8H2,1-2H3;9-11H,3-8H2,1-2H3;7*1,3-4H2,2H3;1H;;;/q;;;;;;;;-1;;+1;;+1/p-1. The number of thiophene rings is 4. The maximum absolute atomic E-state index is 6.89. The number of fused-ring (bicyclic) bond motifs is 6. The third-order valence-electron chi connectivity index (χ3n) is 15.1. The zero-order chi connectivity index (χ0) is 51.9. The van der Waals surface area contributed by atoms with E-state index in [2.05, 4.69) is 135 Å². The van der Waals surface area contributed by atoms with Crippen LogP contribution in [0.15, 0.2) is 40.4 Å². The fourth-order valence-corrected chi connectivity index (χ4v) is 47.2. The van der Waals surface area contributed by atoms with Gasteiger partial charge in [-0.1, -0.05) is 40.0 Å². The van der Waals surface area contributed by atoms with E-state index in [0.717, 1.165) is 6.42 Å². The van der Waals surface area contributed by atoms with Gasteiger partial charge in [-0.3, -0.25) is 0 Å². The molecule has 72 heavy (non-hydrogen) atoms. The van der Waals surface area contributed by atoms with Crippen LogP contribution >= 0.6 is 54.3 Å². The molecular formula is C64H106ClLiS4Sn2. The maximum atomic E-state index is 6.89. The van der Waals surface area contributed by atoms with Gasteiger partial charge in [0.05, 0.1) is 0 Å². The van der Waals surface area contributed by atoms with Crippen LogP contribution in [0, 0.1) is 6.92 Å². The molecule has 6 rings (SSSR count). The first-order valence-electron chi connectivity index (χ1n) is 29.9. The molecule has 0 aliphatic heterocycles. The maximum Gasteiger partial charge on any atom is 1.00 e. The van der Waals surface area contributed by atoms with E-state index in [0.29, 0.717) is 0 Å². The Kier molecular flexibility index (Phi) is 38.3. The second kappa shape index (κ2) is 40.0. The second-order valence-electron chi connectivity index (χ2n) is 21.1. The topological polar surface area (TPSA) is 0 Å². The molecule has 402 valence electrons. The summed E-state index contributed by atoms with van der Waals surface area (Å²) in [7, 11) is 6.89. The number of halogens is 1. The molecule has 0 N–H and O–H groups in total. The van der Waals surface area contributed by atoms with Gasteiger partial charge in [0.2, 0.25) is 0 Å². The quantitative estimate of drug-likeness (QED) is 0.0292. The van der Waals surface area contributed by atoms with E-state index in [9.17, 15) is 0 Å². The van der Waals surface area contributed by atoms with Crippen LogP contribution in [0.5, 0.6) is 0 Å². The Hall–Kier alpha value is 0.765. The van der Waals surface area contributed by atoms with Gasteiger partial charge in [0.1, 0.15) is 0 Å². The van der Waals surface area contributed by atoms with Crippen molar-refractivity contribution in [3.63, 3.8) is 0 Å². The summed E-state index contributed by atoms with van der Waals surface area (Å²) in [6.07, 6.45) is 34.3. The first-order valence-corrected chi connectivity index (χ1v) is 50.5. The van der Waals surface area contributed by atoms with Crippen molar-refractivity contribution < 1.29 is 18.9 Å². The minimum Gasteiger partial charge on any atom is -0.343 e. The van der Waals surface area contributed by atoms with E-state index < -0.39 is 35.6 Å². The minimum absolute atomic E-state index is 0. The van der Waals surface area contributed by atoms with Crippen LogP contribution in [0.2, 0.25) is 26.6 Å². The Balaban J connectivity index is 0.000000387. The van der Waals surface area contributed by atoms with Crippen molar-refractivity contribution >= 4 is 133 Å². The third kappa shape index (κ3) is 21.1. The summed E-state index contributed by atoms with van der Waals surface area (Å²) in [4.78, 5) is 0. The summed E-state index contributed by atoms with van der Waals surface area (Å²) in [5.74, 6) is 0. The molecule has 2 aromatic carbocycles. The van der Waals surface area contributed by atoms with Gasteiger partial charge in [0.15, 0.2) is 0 Å². The molecule has 0 aliphatic rings. The largest absolute Gasteiger partial charge is 1.00 e. The average molecular weight is 1280 g/mol. The number of benzene rings is 2. The molecule has 0 aliphatic carbocycles. The monoisotopic (exact) mass is 1280 g/mol. The van der Waals surface area contributed by atoms with Crippen molar-refractivity contribution in [2.24, 2.45) is 0 Å². The molecule has 6 aromatic rings. The zero-order valence-corrected chi connectivity index (χ0v) is 58.6. The molecule has 4 aromatic heterocycles. The van der Waals surface area contributed by atoms with Crippen molar-refractivity contribution in [2.45, 2.75) is 270 Å². The Morgan fingerprint density at radius 3 is 0.958 bits per heavy atom. The van der Waals surface area contributed by atoms with Crippen LogP contribution in [0.1, 0.15) is 240 Å². The molecule has 0 bridgehead atoms. The van der Waals surface area contributed by atoms with Crippen molar-refractivity contribution in [3.8, 4) is 0 Å². The molecule has 0 nitrogen and oxygen atoms in total. The van der Waals surface area contributed by atoms with E-state index in [-0.39, 0.29) is 18.9 Å². The van der Waals surface area contributed by atoms with Crippen LogP contribution in [-0.4, -0.2) is 35.6 Å². The van der Waals surface area contributed by atoms with Gasteiger partial charge in [-0.25, -0.2) is 0 Å². The predicted octanol–water partition coefficient (Wildman–Crippen LogP) is 21.9. The van der Waals surface area contributed by atoms with E-state index >= 15 is 0 Å². The van der Waals surface area contributed by atoms with Crippen LogP contribution < -0.4 is 21.8 Å². The summed E-state index contributed by atoms with van der Waals surface area (Å²) in [5.41, 5.74) is 6.77. The minimum atomic E-state index is -2.41. The van der Waals surface area contributed by atoms with Crippen LogP contribution in [0.4, 0.5) is 0 Å². The second-order valence-corrected chi connectivity index (χ2v) is 55.3. The number of aryl methyl sites for hydroxylation is 4. The van der Waals surface area contributed by atoms with Crippen LogP contribution in [0.3, 0.4) is 0 Å². The van der Waals surface area contributed by atoms with Gasteiger partial charge in [-0.05, 0) is 59.7 Å². The fraction of sp³-hybridized carbons (Fsp3) is 0.672. The van der Waals surface area contributed by atoms with Crippen molar-refractivity contribution in [1.29, 1.82) is 0 Å². The van der Waals surface area contributed by atoms with E-state index in [1.165, 1.54) is 185 Å². The normalized spacial score (nSPS) is 11.7. The molecule has 0 saturated heterocycles. The number of rotatable bonds is 32. The summed E-state index contributed by atoms with van der Waals surface area (Å²) < 4.78 is 17.3. The first kappa shape index (κ1) is 68.9. The van der Waals surface area contributed by atoms with Gasteiger partial charge < -0.3 is 6.92 Å². The summed E-state index contributed by atoms with van der Waals surface area (Å²) >= 11 is 3.68. The molecule has 8 heteroatoms. The van der Waals surface area contributed by atoms with Crippen LogP contribution in [0.25, 0.3) is 40.3 Å². The van der Waals surface area contributed by atoms with Gasteiger partial charge in [0.25, 0.3) is 0 Å². The van der Waals surface area contributed by atoms with Gasteiger partial charge in [0, 0.05) is 20.2 Å². The molecule has 4 heterocycles. The van der Waals surface area contributed by atoms with Crippen molar-refractivity contribution in [1.82, 2.24) is 0 Å². The van der Waals surface area contributed by atoms with Gasteiger partial charge >= 0.3 is 335 Å². The molecule has 0 fully saturated rings. The van der Waals surface area contributed by atoms with E-state index in [1.807, 2.05) is 36.9 Å². The molecule has 0 atom stereocenters. The summed E-state index contributed by atoms with van der Waals surface area (Å²) in [6.45, 7) is 29.1. The Bertz CT molecular complexity index is 2170.